The summed E-state index contributed by atoms with van der Waals surface area (Å²) in [4.78, 5) is 2.27. The zero-order valence-electron chi connectivity index (χ0n) is 18.9. The van der Waals surface area contributed by atoms with Crippen molar-refractivity contribution in [2.24, 2.45) is 0 Å². The van der Waals surface area contributed by atoms with Gasteiger partial charge in [-0.1, -0.05) is 23.7 Å². The average molecular weight is 456 g/mol. The monoisotopic (exact) mass is 455 g/mol. The minimum Gasteiger partial charge on any atom is -0.507 e. The maximum Gasteiger partial charge on any atom is 0.150 e. The summed E-state index contributed by atoms with van der Waals surface area (Å²) in [5, 5.41) is 24.6. The van der Waals surface area contributed by atoms with Crippen LogP contribution in [-0.2, 0) is 11.3 Å². The molecular formula is C24H30ClN5O2. The Morgan fingerprint density at radius 3 is 2.47 bits per heavy atom. The van der Waals surface area contributed by atoms with Crippen molar-refractivity contribution in [3.63, 3.8) is 0 Å². The van der Waals surface area contributed by atoms with Crippen LogP contribution in [-0.4, -0.2) is 40.6 Å². The molecule has 0 aliphatic carbocycles. The van der Waals surface area contributed by atoms with Crippen LogP contribution >= 0.6 is 11.6 Å². The molecule has 0 saturated carbocycles. The van der Waals surface area contributed by atoms with Crippen LogP contribution in [0.1, 0.15) is 30.5 Å². The van der Waals surface area contributed by atoms with Gasteiger partial charge in [0.25, 0.3) is 0 Å². The summed E-state index contributed by atoms with van der Waals surface area (Å²) in [6.07, 6.45) is 0.357. The molecule has 2 heterocycles. The lowest BCUT2D eigenvalue weighted by Crippen LogP contribution is -2.45. The van der Waals surface area contributed by atoms with Crippen molar-refractivity contribution in [3.8, 4) is 5.75 Å². The summed E-state index contributed by atoms with van der Waals surface area (Å²) in [7, 11) is 0. The minimum absolute atomic E-state index is 0.179. The van der Waals surface area contributed by atoms with Crippen molar-refractivity contribution in [2.45, 2.75) is 46.4 Å². The Labute approximate surface area is 193 Å². The Morgan fingerprint density at radius 2 is 1.81 bits per heavy atom. The number of nitrogens with one attached hydrogen (secondary N) is 3. The van der Waals surface area contributed by atoms with Crippen LogP contribution in [0.5, 0.6) is 5.75 Å². The highest BCUT2D eigenvalue weighted by atomic mass is 35.5. The van der Waals surface area contributed by atoms with E-state index in [1.54, 1.807) is 0 Å². The minimum atomic E-state index is 0.179. The van der Waals surface area contributed by atoms with Gasteiger partial charge in [0, 0.05) is 31.4 Å². The van der Waals surface area contributed by atoms with E-state index in [2.05, 4.69) is 39.6 Å². The van der Waals surface area contributed by atoms with Gasteiger partial charge in [-0.3, -0.25) is 5.10 Å². The second-order valence-corrected chi connectivity index (χ2v) is 8.96. The molecule has 0 spiro atoms. The number of rotatable bonds is 6. The lowest BCUT2D eigenvalue weighted by molar-refractivity contribution is -0.00520. The van der Waals surface area contributed by atoms with Gasteiger partial charge in [-0.25, -0.2) is 0 Å². The number of aromatic hydroxyl groups is 1. The molecule has 2 atom stereocenters. The van der Waals surface area contributed by atoms with Crippen LogP contribution in [0.3, 0.4) is 0 Å². The Balaban J connectivity index is 1.38. The molecule has 170 valence electrons. The van der Waals surface area contributed by atoms with Gasteiger partial charge in [-0.2, -0.15) is 5.10 Å². The molecule has 0 bridgehead atoms. The van der Waals surface area contributed by atoms with Crippen molar-refractivity contribution >= 4 is 34.6 Å². The van der Waals surface area contributed by atoms with Gasteiger partial charge in [0.05, 0.1) is 22.9 Å². The molecule has 0 amide bonds. The molecular weight excluding hydrogens is 426 g/mol. The van der Waals surface area contributed by atoms with Crippen LogP contribution in [0, 0.1) is 13.8 Å². The fraction of sp³-hybridized carbons (Fsp3) is 0.375. The van der Waals surface area contributed by atoms with Crippen molar-refractivity contribution in [3.05, 3.63) is 58.1 Å². The van der Waals surface area contributed by atoms with Crippen molar-refractivity contribution < 1.29 is 9.84 Å². The van der Waals surface area contributed by atoms with Gasteiger partial charge >= 0.3 is 0 Å². The number of phenols is 1. The number of benzene rings is 2. The molecule has 4 rings (SSSR count). The summed E-state index contributed by atoms with van der Waals surface area (Å²) in [6, 6.07) is 11.8. The van der Waals surface area contributed by atoms with Gasteiger partial charge in [-0.05, 0) is 62.6 Å². The lowest BCUT2D eigenvalue weighted by atomic mass is 10.1. The van der Waals surface area contributed by atoms with E-state index in [-0.39, 0.29) is 12.2 Å². The van der Waals surface area contributed by atoms with Gasteiger partial charge in [0.2, 0.25) is 0 Å². The van der Waals surface area contributed by atoms with Crippen molar-refractivity contribution in [1.29, 1.82) is 0 Å². The van der Waals surface area contributed by atoms with Crippen molar-refractivity contribution in [1.82, 2.24) is 10.2 Å². The molecule has 0 unspecified atom stereocenters. The van der Waals surface area contributed by atoms with Gasteiger partial charge < -0.3 is 25.4 Å². The fourth-order valence-corrected chi connectivity index (χ4v) is 4.49. The molecule has 32 heavy (non-hydrogen) atoms. The number of hydrogen-bond donors (Lipinski definition) is 4. The predicted octanol–water partition coefficient (Wildman–Crippen LogP) is 5.35. The van der Waals surface area contributed by atoms with Crippen LogP contribution in [0.15, 0.2) is 36.4 Å². The van der Waals surface area contributed by atoms with Crippen LogP contribution in [0.2, 0.25) is 5.02 Å². The molecule has 1 aliphatic heterocycles. The summed E-state index contributed by atoms with van der Waals surface area (Å²) in [5.74, 6) is 1.85. The standard InChI is InChI=1S/C24H30ClN5O2/c1-14-7-18(8-15(2)24(14)31)11-26-22-10-23(29-28-22)27-19-5-6-21(20(25)9-19)30-12-16(3)32-17(4)13-30/h5-10,16-17,31H,11-13H2,1-4H3,(H3,26,27,28,29)/t16-,17+. The zero-order valence-corrected chi connectivity index (χ0v) is 19.6. The van der Waals surface area contributed by atoms with Crippen LogP contribution < -0.4 is 15.5 Å². The van der Waals surface area contributed by atoms with E-state index in [9.17, 15) is 5.11 Å². The lowest BCUT2D eigenvalue weighted by Gasteiger charge is -2.37. The van der Waals surface area contributed by atoms with Crippen LogP contribution in [0.25, 0.3) is 0 Å². The molecule has 4 N–H and O–H groups in total. The first-order chi connectivity index (χ1) is 15.3. The normalized spacial score (nSPS) is 18.6. The van der Waals surface area contributed by atoms with Crippen LogP contribution in [0.4, 0.5) is 23.0 Å². The Kier molecular flexibility index (Phi) is 6.48. The molecule has 0 radical (unpaired) electrons. The van der Waals surface area contributed by atoms with E-state index in [4.69, 9.17) is 16.3 Å². The van der Waals surface area contributed by atoms with Gasteiger partial charge in [-0.15, -0.1) is 0 Å². The van der Waals surface area contributed by atoms with Gasteiger partial charge in [0.15, 0.2) is 0 Å². The summed E-state index contributed by atoms with van der Waals surface area (Å²) >= 11 is 6.61. The molecule has 3 aromatic rings. The first kappa shape index (κ1) is 22.3. The highest BCUT2D eigenvalue weighted by Gasteiger charge is 2.23. The zero-order chi connectivity index (χ0) is 22.8. The van der Waals surface area contributed by atoms with Gasteiger partial charge in [0.1, 0.15) is 17.4 Å². The van der Waals surface area contributed by atoms with E-state index in [1.807, 2.05) is 50.2 Å². The Hall–Kier alpha value is -2.90. The third-order valence-electron chi connectivity index (χ3n) is 5.59. The number of phenolic OH excluding ortho intramolecular Hbond substituents is 1. The maximum absolute atomic E-state index is 9.93. The number of nitrogens with zero attached hydrogens (tertiary/aromatic N) is 2. The van der Waals surface area contributed by atoms with E-state index in [0.717, 1.165) is 52.8 Å². The number of aromatic nitrogens is 2. The highest BCUT2D eigenvalue weighted by molar-refractivity contribution is 6.33. The summed E-state index contributed by atoms with van der Waals surface area (Å²) < 4.78 is 5.82. The van der Waals surface area contributed by atoms with E-state index in [0.29, 0.717) is 17.3 Å². The molecule has 7 nitrogen and oxygen atoms in total. The third kappa shape index (κ3) is 5.11. The number of aryl methyl sites for hydroxylation is 2. The molecule has 1 saturated heterocycles. The number of aromatic amines is 1. The van der Waals surface area contributed by atoms with E-state index >= 15 is 0 Å². The quantitative estimate of drug-likeness (QED) is 0.400. The summed E-state index contributed by atoms with van der Waals surface area (Å²) in [6.45, 7) is 10.2. The smallest absolute Gasteiger partial charge is 0.150 e. The van der Waals surface area contributed by atoms with E-state index < -0.39 is 0 Å². The maximum atomic E-state index is 9.93. The van der Waals surface area contributed by atoms with Crippen molar-refractivity contribution in [2.75, 3.05) is 28.6 Å². The second kappa shape index (κ2) is 9.30. The first-order valence-corrected chi connectivity index (χ1v) is 11.2. The number of halogens is 1. The molecule has 2 aromatic carbocycles. The number of anilines is 4. The predicted molar refractivity (Wildman–Crippen MR) is 130 cm³/mol. The Bertz CT molecular complexity index is 1070. The fourth-order valence-electron chi connectivity index (χ4n) is 4.19. The molecule has 1 aromatic heterocycles. The summed E-state index contributed by atoms with van der Waals surface area (Å²) in [5.41, 5.74) is 4.73. The number of H-pyrrole nitrogens is 1. The average Bonchev–Trinajstić information content (AvgIpc) is 3.17. The number of hydrogen-bond acceptors (Lipinski definition) is 6. The number of morpholine rings is 1. The molecule has 1 aliphatic rings. The molecule has 1 fully saturated rings. The third-order valence-corrected chi connectivity index (χ3v) is 5.89. The first-order valence-electron chi connectivity index (χ1n) is 10.8. The topological polar surface area (TPSA) is 85.4 Å². The highest BCUT2D eigenvalue weighted by Crippen LogP contribution is 2.32. The SMILES string of the molecule is Cc1cc(CNc2cc(Nc3ccc(N4C[C@@H](C)O[C@@H](C)C4)c(Cl)c3)[nH]n2)cc(C)c1O. The number of ether oxygens (including phenoxy) is 1. The molecule has 8 heteroatoms. The van der Waals surface area contributed by atoms with E-state index in [1.165, 1.54) is 0 Å². The largest absolute Gasteiger partial charge is 0.507 e. The Morgan fingerprint density at radius 1 is 1.12 bits per heavy atom. The second-order valence-electron chi connectivity index (χ2n) is 8.55.